The number of anilines is 3. The second-order valence-corrected chi connectivity index (χ2v) is 5.98. The Morgan fingerprint density at radius 1 is 1.10 bits per heavy atom. The minimum Gasteiger partial charge on any atom is -0.339 e. The number of hydrogen-bond donors (Lipinski definition) is 1. The molecule has 1 aliphatic heterocycles. The number of rotatable bonds is 3. The van der Waals surface area contributed by atoms with Crippen LogP contribution in [0.3, 0.4) is 0 Å². The van der Waals surface area contributed by atoms with Crippen LogP contribution >= 0.6 is 15.9 Å². The van der Waals surface area contributed by atoms with Crippen molar-refractivity contribution in [3.8, 4) is 0 Å². The summed E-state index contributed by atoms with van der Waals surface area (Å²) in [5.74, 6) is 1.39. The second kappa shape index (κ2) is 6.36. The molecule has 2 aromatic rings. The number of halogens is 1. The van der Waals surface area contributed by atoms with Crippen LogP contribution in [0.2, 0.25) is 0 Å². The number of aromatic nitrogens is 3. The van der Waals surface area contributed by atoms with Gasteiger partial charge in [-0.3, -0.25) is 0 Å². The minimum atomic E-state index is 0.685. The average molecular weight is 349 g/mol. The molecule has 1 N–H and O–H groups in total. The highest BCUT2D eigenvalue weighted by molar-refractivity contribution is 9.10. The quantitative estimate of drug-likeness (QED) is 0.916. The summed E-state index contributed by atoms with van der Waals surface area (Å²) >= 11 is 3.42. The molecule has 0 spiro atoms. The second-order valence-electron chi connectivity index (χ2n) is 5.06. The van der Waals surface area contributed by atoms with E-state index in [1.165, 1.54) is 0 Å². The molecule has 6 nitrogen and oxygen atoms in total. The SMILES string of the molecule is CN1CCN(c2nncc(Nc3ccc(Br)cc3)n2)CC1. The number of nitrogens with one attached hydrogen (secondary N) is 1. The number of likely N-dealkylation sites (N-methyl/N-ethyl adjacent to an activating group) is 1. The van der Waals surface area contributed by atoms with E-state index < -0.39 is 0 Å². The van der Waals surface area contributed by atoms with Crippen molar-refractivity contribution in [3.05, 3.63) is 34.9 Å². The summed E-state index contributed by atoms with van der Waals surface area (Å²) in [6.45, 7) is 3.90. The fraction of sp³-hybridized carbons (Fsp3) is 0.357. The lowest BCUT2D eigenvalue weighted by Gasteiger charge is -2.32. The molecule has 1 saturated heterocycles. The molecule has 1 fully saturated rings. The summed E-state index contributed by atoms with van der Waals surface area (Å²) in [5.41, 5.74) is 0.975. The highest BCUT2D eigenvalue weighted by Gasteiger charge is 2.17. The van der Waals surface area contributed by atoms with Crippen LogP contribution in [0, 0.1) is 0 Å². The zero-order chi connectivity index (χ0) is 14.7. The first kappa shape index (κ1) is 14.2. The third-order valence-electron chi connectivity index (χ3n) is 3.45. The molecular weight excluding hydrogens is 332 g/mol. The first-order valence-corrected chi connectivity index (χ1v) is 7.66. The van der Waals surface area contributed by atoms with Crippen molar-refractivity contribution < 1.29 is 0 Å². The zero-order valence-corrected chi connectivity index (χ0v) is 13.4. The molecule has 3 rings (SSSR count). The fourth-order valence-electron chi connectivity index (χ4n) is 2.18. The van der Waals surface area contributed by atoms with E-state index in [-0.39, 0.29) is 0 Å². The summed E-state index contributed by atoms with van der Waals surface area (Å²) in [5, 5.41) is 11.4. The molecule has 0 atom stereocenters. The number of benzene rings is 1. The molecule has 0 bridgehead atoms. The fourth-order valence-corrected chi connectivity index (χ4v) is 2.44. The third kappa shape index (κ3) is 3.68. The van der Waals surface area contributed by atoms with Gasteiger partial charge in [-0.05, 0) is 31.3 Å². The Hall–Kier alpha value is -1.73. The molecule has 0 aliphatic carbocycles. The van der Waals surface area contributed by atoms with Gasteiger partial charge in [0.2, 0.25) is 5.95 Å². The van der Waals surface area contributed by atoms with Gasteiger partial charge in [0, 0.05) is 36.3 Å². The summed E-state index contributed by atoms with van der Waals surface area (Å²) < 4.78 is 1.05. The molecule has 21 heavy (non-hydrogen) atoms. The Balaban J connectivity index is 1.72. The summed E-state index contributed by atoms with van der Waals surface area (Å²) in [6.07, 6.45) is 1.64. The highest BCUT2D eigenvalue weighted by atomic mass is 79.9. The van der Waals surface area contributed by atoms with E-state index in [1.54, 1.807) is 6.20 Å². The van der Waals surface area contributed by atoms with Gasteiger partial charge in [-0.1, -0.05) is 15.9 Å². The van der Waals surface area contributed by atoms with Gasteiger partial charge in [-0.25, -0.2) is 0 Å². The van der Waals surface area contributed by atoms with Gasteiger partial charge in [-0.2, -0.15) is 10.1 Å². The van der Waals surface area contributed by atoms with Gasteiger partial charge in [0.05, 0.1) is 6.20 Å². The minimum absolute atomic E-state index is 0.685. The largest absolute Gasteiger partial charge is 0.339 e. The van der Waals surface area contributed by atoms with Crippen LogP contribution in [0.5, 0.6) is 0 Å². The molecule has 110 valence electrons. The van der Waals surface area contributed by atoms with Gasteiger partial charge in [0.15, 0.2) is 5.82 Å². The van der Waals surface area contributed by atoms with Gasteiger partial charge < -0.3 is 15.1 Å². The summed E-state index contributed by atoms with van der Waals surface area (Å²) in [4.78, 5) is 9.02. The van der Waals surface area contributed by atoms with Crippen molar-refractivity contribution in [2.45, 2.75) is 0 Å². The molecule has 0 saturated carbocycles. The third-order valence-corrected chi connectivity index (χ3v) is 3.98. The van der Waals surface area contributed by atoms with Crippen LogP contribution in [0.25, 0.3) is 0 Å². The molecule has 0 unspecified atom stereocenters. The maximum Gasteiger partial charge on any atom is 0.247 e. The summed E-state index contributed by atoms with van der Waals surface area (Å²) in [6, 6.07) is 7.94. The Morgan fingerprint density at radius 2 is 1.81 bits per heavy atom. The Labute approximate surface area is 132 Å². The maximum absolute atomic E-state index is 4.55. The number of nitrogens with zero attached hydrogens (tertiary/aromatic N) is 5. The van der Waals surface area contributed by atoms with Crippen molar-refractivity contribution in [1.82, 2.24) is 20.1 Å². The first-order chi connectivity index (χ1) is 10.2. The van der Waals surface area contributed by atoms with Gasteiger partial charge in [0.1, 0.15) is 0 Å². The van der Waals surface area contributed by atoms with Crippen molar-refractivity contribution >= 4 is 33.4 Å². The van der Waals surface area contributed by atoms with Crippen molar-refractivity contribution in [3.63, 3.8) is 0 Å². The van der Waals surface area contributed by atoms with E-state index >= 15 is 0 Å². The standard InChI is InChI=1S/C14H17BrN6/c1-20-6-8-21(9-7-20)14-18-13(10-16-19-14)17-12-4-2-11(15)3-5-12/h2-5,10H,6-9H2,1H3,(H,17,18,19). The summed E-state index contributed by atoms with van der Waals surface area (Å²) in [7, 11) is 2.13. The zero-order valence-electron chi connectivity index (χ0n) is 11.8. The normalized spacial score (nSPS) is 16.0. The van der Waals surface area contributed by atoms with E-state index in [2.05, 4.69) is 53.3 Å². The van der Waals surface area contributed by atoms with E-state index in [0.717, 1.165) is 36.3 Å². The molecule has 7 heteroatoms. The van der Waals surface area contributed by atoms with Crippen LogP contribution in [0.15, 0.2) is 34.9 Å². The molecular formula is C14H17BrN6. The Morgan fingerprint density at radius 3 is 2.52 bits per heavy atom. The monoisotopic (exact) mass is 348 g/mol. The number of piperazine rings is 1. The van der Waals surface area contributed by atoms with Gasteiger partial charge in [-0.15, -0.1) is 5.10 Å². The first-order valence-electron chi connectivity index (χ1n) is 6.86. The van der Waals surface area contributed by atoms with E-state index in [0.29, 0.717) is 11.8 Å². The van der Waals surface area contributed by atoms with Crippen molar-refractivity contribution in [2.24, 2.45) is 0 Å². The van der Waals surface area contributed by atoms with E-state index in [9.17, 15) is 0 Å². The highest BCUT2D eigenvalue weighted by Crippen LogP contribution is 2.19. The molecule has 1 aromatic carbocycles. The smallest absolute Gasteiger partial charge is 0.247 e. The van der Waals surface area contributed by atoms with Crippen LogP contribution in [0.4, 0.5) is 17.5 Å². The van der Waals surface area contributed by atoms with Crippen molar-refractivity contribution in [1.29, 1.82) is 0 Å². The molecule has 0 amide bonds. The Kier molecular flexibility index (Phi) is 4.31. The average Bonchev–Trinajstić information content (AvgIpc) is 2.51. The van der Waals surface area contributed by atoms with Crippen LogP contribution < -0.4 is 10.2 Å². The number of hydrogen-bond acceptors (Lipinski definition) is 6. The topological polar surface area (TPSA) is 57.2 Å². The molecule has 1 aliphatic rings. The molecule has 2 heterocycles. The molecule has 0 radical (unpaired) electrons. The lowest BCUT2D eigenvalue weighted by Crippen LogP contribution is -2.45. The van der Waals surface area contributed by atoms with Crippen LogP contribution in [-0.2, 0) is 0 Å². The van der Waals surface area contributed by atoms with E-state index in [1.807, 2.05) is 24.3 Å². The predicted molar refractivity (Wildman–Crippen MR) is 87.0 cm³/mol. The lowest BCUT2D eigenvalue weighted by atomic mass is 10.3. The van der Waals surface area contributed by atoms with Crippen molar-refractivity contribution in [2.75, 3.05) is 43.4 Å². The lowest BCUT2D eigenvalue weighted by molar-refractivity contribution is 0.311. The maximum atomic E-state index is 4.55. The Bertz CT molecular complexity index is 595. The van der Waals surface area contributed by atoms with Gasteiger partial charge >= 0.3 is 0 Å². The predicted octanol–water partition coefficient (Wildman–Crippen LogP) is 2.13. The van der Waals surface area contributed by atoms with Crippen LogP contribution in [0.1, 0.15) is 0 Å². The van der Waals surface area contributed by atoms with Gasteiger partial charge in [0.25, 0.3) is 0 Å². The molecule has 1 aromatic heterocycles. The van der Waals surface area contributed by atoms with Crippen LogP contribution in [-0.4, -0.2) is 53.3 Å². The van der Waals surface area contributed by atoms with E-state index in [4.69, 9.17) is 0 Å².